The van der Waals surface area contributed by atoms with E-state index in [1.54, 1.807) is 0 Å². The first-order valence-corrected chi connectivity index (χ1v) is 6.77. The zero-order valence-electron chi connectivity index (χ0n) is 11.6. The largest absolute Gasteiger partial charge is 0.494 e. The average Bonchev–Trinajstić information content (AvgIpc) is 2.36. The predicted molar refractivity (Wildman–Crippen MR) is 74.9 cm³/mol. The van der Waals surface area contributed by atoms with Gasteiger partial charge >= 0.3 is 0 Å². The molecule has 2 atom stereocenters. The molecule has 3 nitrogen and oxygen atoms in total. The second kappa shape index (κ2) is 8.11. The highest BCUT2D eigenvalue weighted by Crippen LogP contribution is 2.17. The van der Waals surface area contributed by atoms with Crippen molar-refractivity contribution in [1.82, 2.24) is 5.32 Å². The third-order valence-electron chi connectivity index (χ3n) is 2.87. The van der Waals surface area contributed by atoms with Crippen molar-refractivity contribution in [3.05, 3.63) is 29.8 Å². The molecule has 1 aromatic rings. The lowest BCUT2D eigenvalue weighted by Gasteiger charge is -2.15. The topological polar surface area (TPSA) is 41.5 Å². The van der Waals surface area contributed by atoms with E-state index in [2.05, 4.69) is 31.3 Å². The van der Waals surface area contributed by atoms with Gasteiger partial charge in [-0.2, -0.15) is 0 Å². The first-order valence-electron chi connectivity index (χ1n) is 6.77. The summed E-state index contributed by atoms with van der Waals surface area (Å²) in [7, 11) is 0. The van der Waals surface area contributed by atoms with Crippen LogP contribution in [0.25, 0.3) is 0 Å². The molecule has 0 saturated carbocycles. The number of aliphatic hydroxyl groups is 1. The molecule has 0 spiro atoms. The summed E-state index contributed by atoms with van der Waals surface area (Å²) in [6, 6.07) is 8.50. The third-order valence-corrected chi connectivity index (χ3v) is 2.87. The first kappa shape index (κ1) is 15.0. The molecule has 0 fully saturated rings. The van der Waals surface area contributed by atoms with Crippen LogP contribution in [0, 0.1) is 0 Å². The van der Waals surface area contributed by atoms with E-state index < -0.39 is 0 Å². The lowest BCUT2D eigenvalue weighted by atomic mass is 10.1. The predicted octanol–water partition coefficient (Wildman–Crippen LogP) is 2.90. The summed E-state index contributed by atoms with van der Waals surface area (Å²) >= 11 is 0. The second-order valence-electron chi connectivity index (χ2n) is 4.73. The Kier molecular flexibility index (Phi) is 6.76. The monoisotopic (exact) mass is 251 g/mol. The molecule has 2 N–H and O–H groups in total. The van der Waals surface area contributed by atoms with Crippen LogP contribution in [0.15, 0.2) is 24.3 Å². The fourth-order valence-corrected chi connectivity index (χ4v) is 1.70. The maximum atomic E-state index is 9.20. The summed E-state index contributed by atoms with van der Waals surface area (Å²) in [5.74, 6) is 0.928. The van der Waals surface area contributed by atoms with Gasteiger partial charge in [0.05, 0.1) is 12.7 Å². The van der Waals surface area contributed by atoms with E-state index in [1.165, 1.54) is 5.56 Å². The second-order valence-corrected chi connectivity index (χ2v) is 4.73. The standard InChI is InChI=1S/C15H25NO2/c1-4-11-18-15-7-5-14(6-8-15)13(3)16-10-9-12(2)17/h5-8,12-13,16-17H,4,9-11H2,1-3H3. The number of hydrogen-bond acceptors (Lipinski definition) is 3. The summed E-state index contributed by atoms with van der Waals surface area (Å²) in [6.07, 6.45) is 1.57. The van der Waals surface area contributed by atoms with Crippen LogP contribution in [0.2, 0.25) is 0 Å². The summed E-state index contributed by atoms with van der Waals surface area (Å²) in [4.78, 5) is 0. The molecule has 0 aliphatic carbocycles. The molecular weight excluding hydrogens is 226 g/mol. The van der Waals surface area contributed by atoms with Crippen molar-refractivity contribution in [3.8, 4) is 5.75 Å². The van der Waals surface area contributed by atoms with Gasteiger partial charge in [0, 0.05) is 6.04 Å². The molecule has 18 heavy (non-hydrogen) atoms. The van der Waals surface area contributed by atoms with E-state index in [0.717, 1.165) is 31.7 Å². The van der Waals surface area contributed by atoms with Gasteiger partial charge in [0.25, 0.3) is 0 Å². The van der Waals surface area contributed by atoms with Gasteiger partial charge < -0.3 is 15.2 Å². The van der Waals surface area contributed by atoms with Gasteiger partial charge in [-0.1, -0.05) is 19.1 Å². The Morgan fingerprint density at radius 2 is 1.89 bits per heavy atom. The highest BCUT2D eigenvalue weighted by atomic mass is 16.5. The average molecular weight is 251 g/mol. The molecule has 0 heterocycles. The van der Waals surface area contributed by atoms with Crippen LogP contribution in [0.4, 0.5) is 0 Å². The van der Waals surface area contributed by atoms with Crippen LogP contribution in [0.5, 0.6) is 5.75 Å². The van der Waals surface area contributed by atoms with Crippen LogP contribution in [-0.2, 0) is 0 Å². The molecule has 1 aromatic carbocycles. The molecule has 0 radical (unpaired) electrons. The summed E-state index contributed by atoms with van der Waals surface area (Å²) in [5, 5.41) is 12.6. The molecule has 0 aromatic heterocycles. The molecule has 102 valence electrons. The number of ether oxygens (including phenoxy) is 1. The molecule has 0 saturated heterocycles. The Bertz CT molecular complexity index is 322. The van der Waals surface area contributed by atoms with Gasteiger partial charge in [0.2, 0.25) is 0 Å². The molecule has 3 heteroatoms. The van der Waals surface area contributed by atoms with Crippen molar-refractivity contribution in [2.75, 3.05) is 13.2 Å². The van der Waals surface area contributed by atoms with Crippen LogP contribution in [0.3, 0.4) is 0 Å². The summed E-state index contributed by atoms with van der Waals surface area (Å²) in [6.45, 7) is 7.63. The zero-order chi connectivity index (χ0) is 13.4. The fraction of sp³-hybridized carbons (Fsp3) is 0.600. The van der Waals surface area contributed by atoms with E-state index in [0.29, 0.717) is 6.04 Å². The van der Waals surface area contributed by atoms with E-state index >= 15 is 0 Å². The van der Waals surface area contributed by atoms with Crippen LogP contribution in [0.1, 0.15) is 45.2 Å². The molecule has 0 bridgehead atoms. The Labute approximate surface area is 110 Å². The van der Waals surface area contributed by atoms with Gasteiger partial charge in [0.1, 0.15) is 5.75 Å². The zero-order valence-corrected chi connectivity index (χ0v) is 11.6. The van der Waals surface area contributed by atoms with Crippen molar-refractivity contribution < 1.29 is 9.84 Å². The highest BCUT2D eigenvalue weighted by Gasteiger charge is 2.05. The van der Waals surface area contributed by atoms with Crippen molar-refractivity contribution in [2.45, 2.75) is 45.8 Å². The minimum Gasteiger partial charge on any atom is -0.494 e. The van der Waals surface area contributed by atoms with Gasteiger partial charge in [-0.15, -0.1) is 0 Å². The fourth-order valence-electron chi connectivity index (χ4n) is 1.70. The van der Waals surface area contributed by atoms with Crippen LogP contribution >= 0.6 is 0 Å². The maximum absolute atomic E-state index is 9.20. The van der Waals surface area contributed by atoms with Crippen molar-refractivity contribution in [2.24, 2.45) is 0 Å². The Morgan fingerprint density at radius 3 is 2.44 bits per heavy atom. The minimum atomic E-state index is -0.241. The van der Waals surface area contributed by atoms with Gasteiger partial charge in [-0.25, -0.2) is 0 Å². The van der Waals surface area contributed by atoms with Gasteiger partial charge in [-0.05, 0) is 50.9 Å². The molecular formula is C15H25NO2. The van der Waals surface area contributed by atoms with E-state index in [1.807, 2.05) is 19.1 Å². The van der Waals surface area contributed by atoms with Crippen molar-refractivity contribution >= 4 is 0 Å². The number of aliphatic hydroxyl groups excluding tert-OH is 1. The first-order chi connectivity index (χ1) is 8.63. The third kappa shape index (κ3) is 5.52. The Balaban J connectivity index is 2.40. The van der Waals surface area contributed by atoms with Gasteiger partial charge in [-0.3, -0.25) is 0 Å². The van der Waals surface area contributed by atoms with Crippen molar-refractivity contribution in [1.29, 1.82) is 0 Å². The molecule has 0 aliphatic heterocycles. The van der Waals surface area contributed by atoms with Crippen LogP contribution in [-0.4, -0.2) is 24.4 Å². The number of rotatable bonds is 8. The lowest BCUT2D eigenvalue weighted by molar-refractivity contribution is 0.182. The number of nitrogens with one attached hydrogen (secondary N) is 1. The molecule has 2 unspecified atom stereocenters. The Hall–Kier alpha value is -1.06. The minimum absolute atomic E-state index is 0.241. The highest BCUT2D eigenvalue weighted by molar-refractivity contribution is 5.28. The maximum Gasteiger partial charge on any atom is 0.119 e. The summed E-state index contributed by atoms with van der Waals surface area (Å²) in [5.41, 5.74) is 1.24. The van der Waals surface area contributed by atoms with Gasteiger partial charge in [0.15, 0.2) is 0 Å². The Morgan fingerprint density at radius 1 is 1.22 bits per heavy atom. The van der Waals surface area contributed by atoms with E-state index in [-0.39, 0.29) is 6.10 Å². The number of hydrogen-bond donors (Lipinski definition) is 2. The van der Waals surface area contributed by atoms with E-state index in [4.69, 9.17) is 4.74 Å². The molecule has 0 amide bonds. The molecule has 0 aliphatic rings. The van der Waals surface area contributed by atoms with E-state index in [9.17, 15) is 5.11 Å². The quantitative estimate of drug-likeness (QED) is 0.746. The normalized spacial score (nSPS) is 14.2. The number of benzene rings is 1. The lowest BCUT2D eigenvalue weighted by Crippen LogP contribution is -2.22. The smallest absolute Gasteiger partial charge is 0.119 e. The SMILES string of the molecule is CCCOc1ccc(C(C)NCCC(C)O)cc1. The van der Waals surface area contributed by atoms with Crippen LogP contribution < -0.4 is 10.1 Å². The summed E-state index contributed by atoms with van der Waals surface area (Å²) < 4.78 is 5.55. The van der Waals surface area contributed by atoms with Crippen molar-refractivity contribution in [3.63, 3.8) is 0 Å². The molecule has 1 rings (SSSR count).